The summed E-state index contributed by atoms with van der Waals surface area (Å²) in [4.78, 5) is 0. The van der Waals surface area contributed by atoms with Gasteiger partial charge >= 0.3 is 6.36 Å². The highest BCUT2D eigenvalue weighted by atomic mass is 19.4. The van der Waals surface area contributed by atoms with E-state index in [1.54, 1.807) is 0 Å². The van der Waals surface area contributed by atoms with Gasteiger partial charge in [0, 0.05) is 17.1 Å². The number of nitrogens with two attached hydrogens (primary N) is 1. The summed E-state index contributed by atoms with van der Waals surface area (Å²) < 4.78 is 52.8. The number of halogens is 4. The smallest absolute Gasteiger partial charge is 0.406 e. The second kappa shape index (κ2) is 5.28. The standard InChI is InChI=1S/C13H10F4N2O/c14-8-5-9(18)7-11(6-8)19-10-1-3-12(4-2-10)20-13(15,16)17/h1-7,19H,18H2. The second-order valence-electron chi connectivity index (χ2n) is 3.97. The second-order valence-corrected chi connectivity index (χ2v) is 3.97. The average molecular weight is 286 g/mol. The average Bonchev–Trinajstić information content (AvgIpc) is 2.28. The fraction of sp³-hybridized carbons (Fsp3) is 0.0769. The number of ether oxygens (including phenoxy) is 1. The molecule has 0 saturated heterocycles. The van der Waals surface area contributed by atoms with Crippen LogP contribution in [0, 0.1) is 5.82 Å². The van der Waals surface area contributed by atoms with Crippen LogP contribution in [0.1, 0.15) is 0 Å². The van der Waals surface area contributed by atoms with Gasteiger partial charge < -0.3 is 15.8 Å². The molecular formula is C13H10F4N2O. The van der Waals surface area contributed by atoms with Crippen LogP contribution in [0.3, 0.4) is 0 Å². The first-order valence-electron chi connectivity index (χ1n) is 5.51. The monoisotopic (exact) mass is 286 g/mol. The van der Waals surface area contributed by atoms with E-state index in [-0.39, 0.29) is 11.4 Å². The summed E-state index contributed by atoms with van der Waals surface area (Å²) >= 11 is 0. The van der Waals surface area contributed by atoms with Gasteiger partial charge in [0.2, 0.25) is 0 Å². The Bertz CT molecular complexity index is 576. The van der Waals surface area contributed by atoms with Gasteiger partial charge in [-0.3, -0.25) is 0 Å². The minimum Gasteiger partial charge on any atom is -0.406 e. The Hall–Kier alpha value is -2.44. The Morgan fingerprint density at radius 2 is 1.60 bits per heavy atom. The molecule has 0 aliphatic rings. The highest BCUT2D eigenvalue weighted by Crippen LogP contribution is 2.26. The van der Waals surface area contributed by atoms with Crippen LogP contribution >= 0.6 is 0 Å². The van der Waals surface area contributed by atoms with Gasteiger partial charge in [0.15, 0.2) is 0 Å². The van der Waals surface area contributed by atoms with Crippen molar-refractivity contribution in [2.45, 2.75) is 6.36 Å². The number of hydrogen-bond donors (Lipinski definition) is 2. The minimum atomic E-state index is -4.73. The van der Waals surface area contributed by atoms with Crippen molar-refractivity contribution in [2.24, 2.45) is 0 Å². The molecule has 0 aliphatic carbocycles. The van der Waals surface area contributed by atoms with E-state index in [4.69, 9.17) is 5.73 Å². The Labute approximate surface area is 112 Å². The zero-order valence-corrected chi connectivity index (χ0v) is 10.0. The number of nitrogens with one attached hydrogen (secondary N) is 1. The molecule has 0 atom stereocenters. The number of anilines is 3. The van der Waals surface area contributed by atoms with Gasteiger partial charge in [-0.05, 0) is 42.5 Å². The van der Waals surface area contributed by atoms with E-state index in [1.165, 1.54) is 24.3 Å². The molecule has 0 heterocycles. The molecule has 0 fully saturated rings. The van der Waals surface area contributed by atoms with Crippen molar-refractivity contribution in [1.82, 2.24) is 0 Å². The molecule has 2 rings (SSSR count). The number of alkyl halides is 3. The zero-order valence-electron chi connectivity index (χ0n) is 10.0. The molecule has 0 unspecified atom stereocenters. The molecule has 0 spiro atoms. The maximum atomic E-state index is 13.1. The fourth-order valence-corrected chi connectivity index (χ4v) is 1.59. The van der Waals surface area contributed by atoms with E-state index in [9.17, 15) is 17.6 Å². The molecular weight excluding hydrogens is 276 g/mol. The van der Waals surface area contributed by atoms with Crippen molar-refractivity contribution >= 4 is 17.1 Å². The van der Waals surface area contributed by atoms with E-state index < -0.39 is 12.2 Å². The molecule has 0 radical (unpaired) electrons. The first kappa shape index (κ1) is 14.0. The maximum Gasteiger partial charge on any atom is 0.573 e. The van der Waals surface area contributed by atoms with Crippen LogP contribution < -0.4 is 15.8 Å². The van der Waals surface area contributed by atoms with Crippen LogP contribution in [-0.4, -0.2) is 6.36 Å². The predicted octanol–water partition coefficient (Wildman–Crippen LogP) is 4.05. The summed E-state index contributed by atoms with van der Waals surface area (Å²) in [6.45, 7) is 0. The zero-order chi connectivity index (χ0) is 14.8. The van der Waals surface area contributed by atoms with Gasteiger partial charge in [-0.15, -0.1) is 13.2 Å². The molecule has 2 aromatic carbocycles. The lowest BCUT2D eigenvalue weighted by atomic mass is 10.2. The summed E-state index contributed by atoms with van der Waals surface area (Å²) in [7, 11) is 0. The first-order valence-corrected chi connectivity index (χ1v) is 5.51. The summed E-state index contributed by atoms with van der Waals surface area (Å²) in [6, 6.07) is 8.94. The van der Waals surface area contributed by atoms with Gasteiger partial charge in [0.1, 0.15) is 11.6 Å². The lowest BCUT2D eigenvalue weighted by Crippen LogP contribution is -2.16. The Kier molecular flexibility index (Phi) is 3.69. The van der Waals surface area contributed by atoms with Crippen molar-refractivity contribution in [3.63, 3.8) is 0 Å². The number of nitrogen functional groups attached to an aromatic ring is 1. The summed E-state index contributed by atoms with van der Waals surface area (Å²) in [5, 5.41) is 2.82. The van der Waals surface area contributed by atoms with Crippen molar-refractivity contribution in [2.75, 3.05) is 11.1 Å². The van der Waals surface area contributed by atoms with Crippen molar-refractivity contribution in [1.29, 1.82) is 0 Å². The predicted molar refractivity (Wildman–Crippen MR) is 67.2 cm³/mol. The van der Waals surface area contributed by atoms with E-state index in [2.05, 4.69) is 10.1 Å². The van der Waals surface area contributed by atoms with Crippen LogP contribution in [0.5, 0.6) is 5.75 Å². The molecule has 0 aromatic heterocycles. The van der Waals surface area contributed by atoms with Gasteiger partial charge in [0.05, 0.1) is 0 Å². The van der Waals surface area contributed by atoms with Gasteiger partial charge in [-0.1, -0.05) is 0 Å². The van der Waals surface area contributed by atoms with Crippen LogP contribution in [0.15, 0.2) is 42.5 Å². The molecule has 106 valence electrons. The van der Waals surface area contributed by atoms with E-state index in [1.807, 2.05) is 0 Å². The largest absolute Gasteiger partial charge is 0.573 e. The third-order valence-electron chi connectivity index (χ3n) is 2.30. The lowest BCUT2D eigenvalue weighted by Gasteiger charge is -2.11. The highest BCUT2D eigenvalue weighted by Gasteiger charge is 2.30. The van der Waals surface area contributed by atoms with Gasteiger partial charge in [0.25, 0.3) is 0 Å². The van der Waals surface area contributed by atoms with Crippen LogP contribution in [0.4, 0.5) is 34.6 Å². The van der Waals surface area contributed by atoms with Crippen LogP contribution in [-0.2, 0) is 0 Å². The van der Waals surface area contributed by atoms with Gasteiger partial charge in [-0.25, -0.2) is 4.39 Å². The molecule has 0 saturated carbocycles. The molecule has 2 aromatic rings. The lowest BCUT2D eigenvalue weighted by molar-refractivity contribution is -0.274. The third-order valence-corrected chi connectivity index (χ3v) is 2.30. The number of hydrogen-bond acceptors (Lipinski definition) is 3. The molecule has 3 N–H and O–H groups in total. The Balaban J connectivity index is 2.10. The summed E-state index contributed by atoms with van der Waals surface area (Å²) in [5.41, 5.74) is 6.59. The molecule has 0 amide bonds. The third kappa shape index (κ3) is 4.04. The fourth-order valence-electron chi connectivity index (χ4n) is 1.59. The SMILES string of the molecule is Nc1cc(F)cc(Nc2ccc(OC(F)(F)F)cc2)c1. The van der Waals surface area contributed by atoms with Crippen molar-refractivity contribution in [3.8, 4) is 5.75 Å². The Morgan fingerprint density at radius 1 is 0.950 bits per heavy atom. The topological polar surface area (TPSA) is 47.3 Å². The highest BCUT2D eigenvalue weighted by molar-refractivity contribution is 5.64. The molecule has 0 bridgehead atoms. The molecule has 20 heavy (non-hydrogen) atoms. The number of rotatable bonds is 3. The van der Waals surface area contributed by atoms with Crippen LogP contribution in [0.2, 0.25) is 0 Å². The molecule has 3 nitrogen and oxygen atoms in total. The normalized spacial score (nSPS) is 11.2. The molecule has 7 heteroatoms. The summed E-state index contributed by atoms with van der Waals surface area (Å²) in [6.07, 6.45) is -4.73. The maximum absolute atomic E-state index is 13.1. The van der Waals surface area contributed by atoms with E-state index in [0.29, 0.717) is 11.4 Å². The van der Waals surface area contributed by atoms with E-state index >= 15 is 0 Å². The van der Waals surface area contributed by atoms with E-state index in [0.717, 1.165) is 18.2 Å². The van der Waals surface area contributed by atoms with Crippen molar-refractivity contribution < 1.29 is 22.3 Å². The van der Waals surface area contributed by atoms with Crippen LogP contribution in [0.25, 0.3) is 0 Å². The quantitative estimate of drug-likeness (QED) is 0.661. The first-order chi connectivity index (χ1) is 9.32. The number of benzene rings is 2. The Morgan fingerprint density at radius 3 is 2.15 bits per heavy atom. The minimum absolute atomic E-state index is 0.240. The van der Waals surface area contributed by atoms with Gasteiger partial charge in [-0.2, -0.15) is 0 Å². The summed E-state index contributed by atoms with van der Waals surface area (Å²) in [5.74, 6) is -0.841. The van der Waals surface area contributed by atoms with Crippen molar-refractivity contribution in [3.05, 3.63) is 48.3 Å². The molecule has 0 aliphatic heterocycles.